The second kappa shape index (κ2) is 8.87. The number of hydrogen-bond acceptors (Lipinski definition) is 6. The van der Waals surface area contributed by atoms with Gasteiger partial charge >= 0.3 is 0 Å². The molecule has 9 heteroatoms. The van der Waals surface area contributed by atoms with Gasteiger partial charge in [0, 0.05) is 12.1 Å². The maximum Gasteiger partial charge on any atom is 0.164 e. The van der Waals surface area contributed by atoms with Crippen LogP contribution in [-0.4, -0.2) is 32.8 Å². The predicted molar refractivity (Wildman–Crippen MR) is 120 cm³/mol. The standard InChI is InChI=1S/C22H21FN6O.ClH/c23-15-5-9-18(10-6-15)30-17-7-3-14(4-8-17)20-19-21(24)26-13-27-22(19)29(28-20)16-2-1-11-25-12-16;/h3-10,13,16,25H,1-2,11-12H2,(H2,24,26,27);1H. The van der Waals surface area contributed by atoms with Gasteiger partial charge in [-0.15, -0.1) is 12.4 Å². The molecule has 0 amide bonds. The van der Waals surface area contributed by atoms with Gasteiger partial charge in [-0.3, -0.25) is 0 Å². The quantitative estimate of drug-likeness (QED) is 0.490. The maximum absolute atomic E-state index is 13.1. The van der Waals surface area contributed by atoms with Gasteiger partial charge in [0.25, 0.3) is 0 Å². The van der Waals surface area contributed by atoms with Gasteiger partial charge < -0.3 is 15.8 Å². The van der Waals surface area contributed by atoms with E-state index in [9.17, 15) is 4.39 Å². The number of nitrogen functional groups attached to an aromatic ring is 1. The molecule has 1 aliphatic rings. The minimum Gasteiger partial charge on any atom is -0.457 e. The molecule has 7 nitrogen and oxygen atoms in total. The van der Waals surface area contributed by atoms with E-state index in [0.717, 1.165) is 48.2 Å². The molecule has 3 N–H and O–H groups in total. The van der Waals surface area contributed by atoms with Crippen molar-refractivity contribution in [2.75, 3.05) is 18.8 Å². The molecule has 1 atom stereocenters. The topological polar surface area (TPSA) is 90.9 Å². The van der Waals surface area contributed by atoms with Crippen molar-refractivity contribution >= 4 is 29.3 Å². The summed E-state index contributed by atoms with van der Waals surface area (Å²) in [4.78, 5) is 8.64. The van der Waals surface area contributed by atoms with Crippen molar-refractivity contribution in [1.82, 2.24) is 25.1 Å². The van der Waals surface area contributed by atoms with Crippen molar-refractivity contribution in [2.45, 2.75) is 18.9 Å². The molecule has 3 heterocycles. The Labute approximate surface area is 184 Å². The van der Waals surface area contributed by atoms with E-state index >= 15 is 0 Å². The van der Waals surface area contributed by atoms with Crippen molar-refractivity contribution < 1.29 is 9.13 Å². The first-order chi connectivity index (χ1) is 14.7. The number of ether oxygens (including phenoxy) is 1. The van der Waals surface area contributed by atoms with E-state index in [1.165, 1.54) is 18.5 Å². The Morgan fingerprint density at radius 3 is 2.42 bits per heavy atom. The SMILES string of the molecule is Cl.Nc1ncnc2c1c(-c1ccc(Oc3ccc(F)cc3)cc1)nn2C1CCCNC1. The third-order valence-electron chi connectivity index (χ3n) is 5.31. The van der Waals surface area contributed by atoms with Gasteiger partial charge in [-0.1, -0.05) is 0 Å². The van der Waals surface area contributed by atoms with E-state index in [-0.39, 0.29) is 24.3 Å². The molecule has 0 aliphatic carbocycles. The number of hydrogen-bond donors (Lipinski definition) is 2. The average molecular weight is 441 g/mol. The molecule has 1 saturated heterocycles. The minimum absolute atomic E-state index is 0. The normalized spacial score (nSPS) is 16.1. The fourth-order valence-electron chi connectivity index (χ4n) is 3.81. The summed E-state index contributed by atoms with van der Waals surface area (Å²) in [6.07, 6.45) is 3.62. The summed E-state index contributed by atoms with van der Waals surface area (Å²) in [7, 11) is 0. The zero-order valence-electron chi connectivity index (χ0n) is 16.7. The van der Waals surface area contributed by atoms with E-state index in [4.69, 9.17) is 15.6 Å². The van der Waals surface area contributed by atoms with Gasteiger partial charge in [0.05, 0.1) is 11.4 Å². The summed E-state index contributed by atoms with van der Waals surface area (Å²) in [5.41, 5.74) is 8.60. The van der Waals surface area contributed by atoms with Crippen molar-refractivity contribution in [1.29, 1.82) is 0 Å². The number of benzene rings is 2. The molecule has 0 radical (unpaired) electrons. The molecule has 1 fully saturated rings. The summed E-state index contributed by atoms with van der Waals surface area (Å²) in [5, 5.41) is 9.06. The van der Waals surface area contributed by atoms with Gasteiger partial charge in [-0.2, -0.15) is 5.10 Å². The Morgan fingerprint density at radius 1 is 1.03 bits per heavy atom. The highest BCUT2D eigenvalue weighted by atomic mass is 35.5. The van der Waals surface area contributed by atoms with E-state index in [1.807, 2.05) is 28.9 Å². The second-order valence-electron chi connectivity index (χ2n) is 7.33. The Morgan fingerprint density at radius 2 is 1.74 bits per heavy atom. The molecule has 5 rings (SSSR count). The number of aromatic nitrogens is 4. The summed E-state index contributed by atoms with van der Waals surface area (Å²) in [6.45, 7) is 1.87. The van der Waals surface area contributed by atoms with Crippen LogP contribution in [0.4, 0.5) is 10.2 Å². The van der Waals surface area contributed by atoms with E-state index < -0.39 is 0 Å². The molecular weight excluding hydrogens is 419 g/mol. The lowest BCUT2D eigenvalue weighted by atomic mass is 10.1. The van der Waals surface area contributed by atoms with Crippen LogP contribution in [0.1, 0.15) is 18.9 Å². The first-order valence-electron chi connectivity index (χ1n) is 9.92. The van der Waals surface area contributed by atoms with Crippen LogP contribution in [0.3, 0.4) is 0 Å². The summed E-state index contributed by atoms with van der Waals surface area (Å²) in [5.74, 6) is 1.33. The fourth-order valence-corrected chi connectivity index (χ4v) is 3.81. The summed E-state index contributed by atoms with van der Waals surface area (Å²) >= 11 is 0. The van der Waals surface area contributed by atoms with E-state index in [1.54, 1.807) is 12.1 Å². The van der Waals surface area contributed by atoms with Crippen LogP contribution < -0.4 is 15.8 Å². The molecule has 0 saturated carbocycles. The zero-order valence-corrected chi connectivity index (χ0v) is 17.5. The molecule has 1 unspecified atom stereocenters. The fraction of sp³-hybridized carbons (Fsp3) is 0.227. The number of nitrogens with two attached hydrogens (primary N) is 1. The van der Waals surface area contributed by atoms with Crippen LogP contribution in [-0.2, 0) is 0 Å². The average Bonchev–Trinajstić information content (AvgIpc) is 3.18. The number of nitrogens with one attached hydrogen (secondary N) is 1. The lowest BCUT2D eigenvalue weighted by molar-refractivity contribution is 0.354. The number of anilines is 1. The molecule has 0 spiro atoms. The first kappa shape index (κ1) is 21.0. The lowest BCUT2D eigenvalue weighted by Crippen LogP contribution is -2.32. The van der Waals surface area contributed by atoms with Crippen molar-refractivity contribution in [3.05, 3.63) is 60.7 Å². The Kier molecular flexibility index (Phi) is 6.01. The van der Waals surface area contributed by atoms with Crippen LogP contribution in [0.2, 0.25) is 0 Å². The third-order valence-corrected chi connectivity index (χ3v) is 5.31. The van der Waals surface area contributed by atoms with Gasteiger partial charge in [-0.25, -0.2) is 19.0 Å². The predicted octanol–water partition coefficient (Wildman–Crippen LogP) is 4.35. The molecule has 2 aromatic heterocycles. The van der Waals surface area contributed by atoms with Crippen LogP contribution in [0.15, 0.2) is 54.9 Å². The number of fused-ring (bicyclic) bond motifs is 1. The zero-order chi connectivity index (χ0) is 20.5. The van der Waals surface area contributed by atoms with Crippen LogP contribution in [0.5, 0.6) is 11.5 Å². The molecule has 2 aromatic carbocycles. The number of nitrogens with zero attached hydrogens (tertiary/aromatic N) is 4. The van der Waals surface area contributed by atoms with Crippen LogP contribution in [0, 0.1) is 5.82 Å². The van der Waals surface area contributed by atoms with Crippen LogP contribution in [0.25, 0.3) is 22.3 Å². The summed E-state index contributed by atoms with van der Waals surface area (Å²) in [6, 6.07) is 13.7. The van der Waals surface area contributed by atoms with Gasteiger partial charge in [0.1, 0.15) is 35.2 Å². The number of halogens is 2. The first-order valence-corrected chi connectivity index (χ1v) is 9.92. The van der Waals surface area contributed by atoms with Crippen molar-refractivity contribution in [2.24, 2.45) is 0 Å². The summed E-state index contributed by atoms with van der Waals surface area (Å²) < 4.78 is 20.8. The number of rotatable bonds is 4. The van der Waals surface area contributed by atoms with Gasteiger partial charge in [-0.05, 0) is 67.9 Å². The molecule has 31 heavy (non-hydrogen) atoms. The lowest BCUT2D eigenvalue weighted by Gasteiger charge is -2.23. The smallest absolute Gasteiger partial charge is 0.164 e. The van der Waals surface area contributed by atoms with E-state index in [0.29, 0.717) is 17.3 Å². The molecular formula is C22H22ClFN6O. The Bertz CT molecular complexity index is 1170. The highest BCUT2D eigenvalue weighted by molar-refractivity contribution is 5.98. The molecule has 4 aromatic rings. The van der Waals surface area contributed by atoms with Crippen LogP contribution >= 0.6 is 12.4 Å². The molecule has 0 bridgehead atoms. The van der Waals surface area contributed by atoms with E-state index in [2.05, 4.69) is 15.3 Å². The highest BCUT2D eigenvalue weighted by Gasteiger charge is 2.23. The van der Waals surface area contributed by atoms with Gasteiger partial charge in [0.15, 0.2) is 5.65 Å². The Hall–Kier alpha value is -3.23. The molecule has 1 aliphatic heterocycles. The highest BCUT2D eigenvalue weighted by Crippen LogP contribution is 2.34. The van der Waals surface area contributed by atoms with Gasteiger partial charge in [0.2, 0.25) is 0 Å². The Balaban J connectivity index is 0.00000231. The number of piperidine rings is 1. The molecule has 160 valence electrons. The third kappa shape index (κ3) is 4.17. The largest absolute Gasteiger partial charge is 0.457 e. The maximum atomic E-state index is 13.1. The van der Waals surface area contributed by atoms with Crippen molar-refractivity contribution in [3.8, 4) is 22.8 Å². The minimum atomic E-state index is -0.298. The second-order valence-corrected chi connectivity index (χ2v) is 7.33. The monoisotopic (exact) mass is 440 g/mol. The van der Waals surface area contributed by atoms with Crippen molar-refractivity contribution in [3.63, 3.8) is 0 Å².